The molecule has 0 aromatic rings. The molecule has 0 aliphatic carbocycles. The van der Waals surface area contributed by atoms with Crippen molar-refractivity contribution in [1.29, 1.82) is 0 Å². The minimum absolute atomic E-state index is 0.107. The standard InChI is InChI=1S/C38H74O5/c1-3-5-7-9-11-13-15-17-19-21-23-25-27-29-31-33-38(41)43-35-36(39)34-42-37(40)32-30-28-26-24-22-20-18-16-14-12-10-8-6-4-2/h36,39H,3-35H2,1-2H3. The first kappa shape index (κ1) is 41.9. The van der Waals surface area contributed by atoms with Crippen molar-refractivity contribution in [2.24, 2.45) is 0 Å². The summed E-state index contributed by atoms with van der Waals surface area (Å²) in [7, 11) is 0. The highest BCUT2D eigenvalue weighted by atomic mass is 16.6. The maximum absolute atomic E-state index is 11.9. The van der Waals surface area contributed by atoms with Crippen LogP contribution in [0.2, 0.25) is 0 Å². The Morgan fingerprint density at radius 3 is 0.837 bits per heavy atom. The van der Waals surface area contributed by atoms with Crippen molar-refractivity contribution >= 4 is 11.9 Å². The normalized spacial score (nSPS) is 12.0. The first-order chi connectivity index (χ1) is 21.1. The fourth-order valence-corrected chi connectivity index (χ4v) is 5.68. The van der Waals surface area contributed by atoms with E-state index in [0.717, 1.165) is 25.7 Å². The molecule has 0 aliphatic rings. The minimum Gasteiger partial charge on any atom is -0.463 e. The minimum atomic E-state index is -0.953. The molecular formula is C38H74O5. The topological polar surface area (TPSA) is 72.8 Å². The van der Waals surface area contributed by atoms with E-state index in [1.807, 2.05) is 0 Å². The number of aliphatic hydroxyl groups is 1. The molecule has 0 rings (SSSR count). The summed E-state index contributed by atoms with van der Waals surface area (Å²) in [6.07, 6.45) is 37.2. The third kappa shape index (κ3) is 35.3. The SMILES string of the molecule is CCCCCCCCCCCCCCCCCC(=O)OCC(O)COC(=O)CCCCCCCCCCCCCCCC. The Morgan fingerprint density at radius 2 is 0.605 bits per heavy atom. The number of carbonyl (C=O) groups excluding carboxylic acids is 2. The van der Waals surface area contributed by atoms with Gasteiger partial charge in [-0.25, -0.2) is 0 Å². The molecule has 5 nitrogen and oxygen atoms in total. The van der Waals surface area contributed by atoms with Gasteiger partial charge in [-0.3, -0.25) is 9.59 Å². The molecule has 1 atom stereocenters. The molecule has 0 aromatic heterocycles. The fraction of sp³-hybridized carbons (Fsp3) is 0.947. The van der Waals surface area contributed by atoms with Gasteiger partial charge < -0.3 is 14.6 Å². The highest BCUT2D eigenvalue weighted by Crippen LogP contribution is 2.15. The van der Waals surface area contributed by atoms with E-state index in [4.69, 9.17) is 9.47 Å². The lowest BCUT2D eigenvalue weighted by Gasteiger charge is -2.12. The highest BCUT2D eigenvalue weighted by Gasteiger charge is 2.12. The van der Waals surface area contributed by atoms with Crippen LogP contribution in [0.4, 0.5) is 0 Å². The van der Waals surface area contributed by atoms with Gasteiger partial charge in [0, 0.05) is 12.8 Å². The fourth-order valence-electron chi connectivity index (χ4n) is 5.68. The van der Waals surface area contributed by atoms with E-state index in [0.29, 0.717) is 12.8 Å². The average Bonchev–Trinajstić information content (AvgIpc) is 3.01. The van der Waals surface area contributed by atoms with E-state index >= 15 is 0 Å². The number of ether oxygens (including phenoxy) is 2. The van der Waals surface area contributed by atoms with Crippen molar-refractivity contribution in [3.05, 3.63) is 0 Å². The summed E-state index contributed by atoms with van der Waals surface area (Å²) in [5, 5.41) is 9.99. The van der Waals surface area contributed by atoms with Gasteiger partial charge in [-0.1, -0.05) is 187 Å². The molecule has 43 heavy (non-hydrogen) atoms. The second-order valence-corrected chi connectivity index (χ2v) is 13.1. The average molecular weight is 611 g/mol. The monoisotopic (exact) mass is 611 g/mol. The van der Waals surface area contributed by atoms with E-state index in [1.54, 1.807) is 0 Å². The number of carbonyl (C=O) groups is 2. The zero-order chi connectivity index (χ0) is 31.5. The van der Waals surface area contributed by atoms with Crippen molar-refractivity contribution in [2.75, 3.05) is 13.2 Å². The molecule has 0 heterocycles. The van der Waals surface area contributed by atoms with Crippen molar-refractivity contribution in [3.8, 4) is 0 Å². The summed E-state index contributed by atoms with van der Waals surface area (Å²) in [6, 6.07) is 0. The molecule has 0 aromatic carbocycles. The van der Waals surface area contributed by atoms with Crippen LogP contribution >= 0.6 is 0 Å². The number of unbranched alkanes of at least 4 members (excludes halogenated alkanes) is 27. The van der Waals surface area contributed by atoms with Crippen LogP contribution in [0.1, 0.15) is 213 Å². The van der Waals surface area contributed by atoms with Crippen LogP contribution in [0.3, 0.4) is 0 Å². The maximum Gasteiger partial charge on any atom is 0.305 e. The summed E-state index contributed by atoms with van der Waals surface area (Å²) in [4.78, 5) is 23.9. The van der Waals surface area contributed by atoms with Crippen LogP contribution in [-0.4, -0.2) is 36.4 Å². The first-order valence-corrected chi connectivity index (χ1v) is 19.1. The largest absolute Gasteiger partial charge is 0.463 e. The number of aliphatic hydroxyl groups excluding tert-OH is 1. The van der Waals surface area contributed by atoms with Crippen LogP contribution in [-0.2, 0) is 19.1 Å². The molecule has 0 aliphatic heterocycles. The Balaban J connectivity index is 3.38. The number of hydrogen-bond donors (Lipinski definition) is 1. The third-order valence-electron chi connectivity index (χ3n) is 8.59. The maximum atomic E-state index is 11.9. The number of esters is 2. The van der Waals surface area contributed by atoms with Crippen molar-refractivity contribution in [2.45, 2.75) is 219 Å². The quantitative estimate of drug-likeness (QED) is 0.0571. The van der Waals surface area contributed by atoms with Crippen molar-refractivity contribution < 1.29 is 24.2 Å². The number of rotatable bonds is 35. The van der Waals surface area contributed by atoms with Crippen LogP contribution in [0, 0.1) is 0 Å². The predicted octanol–water partition coefficient (Wildman–Crippen LogP) is 11.6. The summed E-state index contributed by atoms with van der Waals surface area (Å²) in [5.74, 6) is -0.551. The van der Waals surface area contributed by atoms with E-state index in [2.05, 4.69) is 13.8 Å². The second kappa shape index (κ2) is 35.4. The lowest BCUT2D eigenvalue weighted by Crippen LogP contribution is -2.25. The molecule has 1 N–H and O–H groups in total. The first-order valence-electron chi connectivity index (χ1n) is 19.1. The molecular weight excluding hydrogens is 536 g/mol. The Hall–Kier alpha value is -1.10. The van der Waals surface area contributed by atoms with Gasteiger partial charge in [0.1, 0.15) is 19.3 Å². The smallest absolute Gasteiger partial charge is 0.305 e. The summed E-state index contributed by atoms with van der Waals surface area (Å²) >= 11 is 0. The molecule has 256 valence electrons. The predicted molar refractivity (Wildman–Crippen MR) is 182 cm³/mol. The molecule has 1 unspecified atom stereocenters. The van der Waals surface area contributed by atoms with Gasteiger partial charge in [0.15, 0.2) is 0 Å². The number of hydrogen-bond acceptors (Lipinski definition) is 5. The third-order valence-corrected chi connectivity index (χ3v) is 8.59. The van der Waals surface area contributed by atoms with Gasteiger partial charge in [0.05, 0.1) is 0 Å². The van der Waals surface area contributed by atoms with Gasteiger partial charge in [0.2, 0.25) is 0 Å². The van der Waals surface area contributed by atoms with Gasteiger partial charge in [-0.15, -0.1) is 0 Å². The van der Waals surface area contributed by atoms with E-state index in [1.165, 1.54) is 161 Å². The van der Waals surface area contributed by atoms with Gasteiger partial charge in [-0.2, -0.15) is 0 Å². The molecule has 0 fully saturated rings. The van der Waals surface area contributed by atoms with Crippen LogP contribution in [0.5, 0.6) is 0 Å². The van der Waals surface area contributed by atoms with Crippen molar-refractivity contribution in [3.63, 3.8) is 0 Å². The van der Waals surface area contributed by atoms with E-state index < -0.39 is 6.10 Å². The van der Waals surface area contributed by atoms with E-state index in [9.17, 15) is 14.7 Å². The molecule has 5 heteroatoms. The van der Waals surface area contributed by atoms with Gasteiger partial charge in [0.25, 0.3) is 0 Å². The molecule has 0 amide bonds. The highest BCUT2D eigenvalue weighted by molar-refractivity contribution is 5.69. The zero-order valence-corrected chi connectivity index (χ0v) is 29.0. The van der Waals surface area contributed by atoms with Crippen LogP contribution in [0.25, 0.3) is 0 Å². The van der Waals surface area contributed by atoms with E-state index in [-0.39, 0.29) is 25.2 Å². The Labute approximate surface area is 268 Å². The zero-order valence-electron chi connectivity index (χ0n) is 29.0. The second-order valence-electron chi connectivity index (χ2n) is 13.1. The van der Waals surface area contributed by atoms with Crippen LogP contribution < -0.4 is 0 Å². The molecule has 0 spiro atoms. The molecule has 0 radical (unpaired) electrons. The van der Waals surface area contributed by atoms with Gasteiger partial charge >= 0.3 is 11.9 Å². The van der Waals surface area contributed by atoms with Crippen molar-refractivity contribution in [1.82, 2.24) is 0 Å². The Kier molecular flexibility index (Phi) is 34.5. The lowest BCUT2D eigenvalue weighted by atomic mass is 10.0. The molecule has 0 bridgehead atoms. The van der Waals surface area contributed by atoms with Gasteiger partial charge in [-0.05, 0) is 12.8 Å². The Morgan fingerprint density at radius 1 is 0.395 bits per heavy atom. The lowest BCUT2D eigenvalue weighted by molar-refractivity contribution is -0.152. The molecule has 0 saturated heterocycles. The summed E-state index contributed by atoms with van der Waals surface area (Å²) < 4.78 is 10.3. The summed E-state index contributed by atoms with van der Waals surface area (Å²) in [6.45, 7) is 4.32. The van der Waals surface area contributed by atoms with Crippen LogP contribution in [0.15, 0.2) is 0 Å². The Bertz CT molecular complexity index is 579. The summed E-state index contributed by atoms with van der Waals surface area (Å²) in [5.41, 5.74) is 0. The molecule has 0 saturated carbocycles.